The summed E-state index contributed by atoms with van der Waals surface area (Å²) >= 11 is 1.17. The minimum atomic E-state index is -3.80. The van der Waals surface area contributed by atoms with Gasteiger partial charge in [0.1, 0.15) is 10.8 Å². The fraction of sp³-hybridized carbons (Fsp3) is 0.100. The molecule has 0 aliphatic carbocycles. The lowest BCUT2D eigenvalue weighted by Crippen LogP contribution is -2.24. The summed E-state index contributed by atoms with van der Waals surface area (Å²) in [5, 5.41) is 2.75. The zero-order valence-electron chi connectivity index (χ0n) is 15.0. The van der Waals surface area contributed by atoms with E-state index < -0.39 is 27.4 Å². The molecule has 0 saturated carbocycles. The highest BCUT2D eigenvalue weighted by Crippen LogP contribution is 2.35. The molecule has 1 aromatic heterocycles. The molecule has 0 spiro atoms. The van der Waals surface area contributed by atoms with Crippen molar-refractivity contribution in [2.45, 2.75) is 11.8 Å². The number of hydrogen-bond donors (Lipinski definition) is 2. The third kappa shape index (κ3) is 4.47. The van der Waals surface area contributed by atoms with Crippen LogP contribution in [0.1, 0.15) is 15.9 Å². The Morgan fingerprint density at radius 2 is 1.68 bits per heavy atom. The first-order chi connectivity index (χ1) is 13.3. The van der Waals surface area contributed by atoms with Gasteiger partial charge in [-0.25, -0.2) is 8.42 Å². The maximum atomic E-state index is 12.4. The number of nitrogens with one attached hydrogen (secondary N) is 1. The summed E-state index contributed by atoms with van der Waals surface area (Å²) in [4.78, 5) is 24.9. The smallest absolute Gasteiger partial charge is 0.251 e. The van der Waals surface area contributed by atoms with Gasteiger partial charge in [0.2, 0.25) is 5.91 Å². The van der Waals surface area contributed by atoms with Gasteiger partial charge >= 0.3 is 0 Å². The van der Waals surface area contributed by atoms with E-state index in [4.69, 9.17) is 5.73 Å². The predicted octanol–water partition coefficient (Wildman–Crippen LogP) is 3.23. The molecule has 0 radical (unpaired) electrons. The van der Waals surface area contributed by atoms with Crippen LogP contribution >= 0.6 is 11.3 Å². The zero-order chi connectivity index (χ0) is 20.3. The van der Waals surface area contributed by atoms with Gasteiger partial charge < -0.3 is 11.1 Å². The maximum absolute atomic E-state index is 12.4. The highest BCUT2D eigenvalue weighted by atomic mass is 32.2. The minimum absolute atomic E-state index is 0.0690. The number of carbonyl (C=O) groups excluding carboxylic acids is 2. The van der Waals surface area contributed by atoms with Gasteiger partial charge in [-0.3, -0.25) is 9.59 Å². The quantitative estimate of drug-likeness (QED) is 0.646. The van der Waals surface area contributed by atoms with Crippen LogP contribution in [0.3, 0.4) is 0 Å². The molecule has 0 aliphatic heterocycles. The summed E-state index contributed by atoms with van der Waals surface area (Å²) in [6.45, 7) is 1.84. The van der Waals surface area contributed by atoms with E-state index in [0.717, 1.165) is 16.0 Å². The van der Waals surface area contributed by atoms with Gasteiger partial charge in [-0.1, -0.05) is 48.0 Å². The summed E-state index contributed by atoms with van der Waals surface area (Å²) < 4.78 is 24.9. The molecule has 0 aliphatic rings. The van der Waals surface area contributed by atoms with Crippen molar-refractivity contribution in [1.29, 1.82) is 0 Å². The number of sulfone groups is 1. The largest absolute Gasteiger partial charge is 0.366 e. The summed E-state index contributed by atoms with van der Waals surface area (Å²) in [6, 6.07) is 17.2. The second kappa shape index (κ2) is 7.95. The highest BCUT2D eigenvalue weighted by molar-refractivity contribution is 7.92. The Hall–Kier alpha value is -2.97. The first-order valence-corrected chi connectivity index (χ1v) is 10.8. The molecule has 0 saturated heterocycles. The highest BCUT2D eigenvalue weighted by Gasteiger charge is 2.22. The van der Waals surface area contributed by atoms with E-state index in [-0.39, 0.29) is 15.5 Å². The number of benzene rings is 2. The van der Waals surface area contributed by atoms with Crippen LogP contribution < -0.4 is 11.1 Å². The standard InChI is InChI=1S/C20H18N2O4S2/c1-13-7-9-15(10-8-13)28(25,26)12-18(23)22-20-16(19(21)24)11-17(27-20)14-5-3-2-4-6-14/h2-11H,12H2,1H3,(H2,21,24)(H,22,23). The third-order valence-corrected chi connectivity index (χ3v) is 6.74. The van der Waals surface area contributed by atoms with Crippen LogP contribution in [0.4, 0.5) is 5.00 Å². The first kappa shape index (κ1) is 19.8. The Bertz CT molecular complexity index is 1120. The van der Waals surface area contributed by atoms with Crippen LogP contribution in [0.5, 0.6) is 0 Å². The average Bonchev–Trinajstić information content (AvgIpc) is 3.06. The fourth-order valence-corrected chi connectivity index (χ4v) is 4.80. The van der Waals surface area contributed by atoms with Crippen molar-refractivity contribution in [3.05, 3.63) is 71.8 Å². The predicted molar refractivity (Wildman–Crippen MR) is 110 cm³/mol. The number of anilines is 1. The molecule has 0 fully saturated rings. The number of carbonyl (C=O) groups is 2. The SMILES string of the molecule is Cc1ccc(S(=O)(=O)CC(=O)Nc2sc(-c3ccccc3)cc2C(N)=O)cc1. The molecule has 0 unspecified atom stereocenters. The van der Waals surface area contributed by atoms with Gasteiger partial charge in [0, 0.05) is 4.88 Å². The van der Waals surface area contributed by atoms with Crippen LogP contribution in [-0.4, -0.2) is 26.0 Å². The summed E-state index contributed by atoms with van der Waals surface area (Å²) in [7, 11) is -3.80. The first-order valence-electron chi connectivity index (χ1n) is 8.34. The van der Waals surface area contributed by atoms with Crippen molar-refractivity contribution in [2.75, 3.05) is 11.1 Å². The lowest BCUT2D eigenvalue weighted by molar-refractivity contribution is -0.113. The average molecular weight is 415 g/mol. The molecule has 6 nitrogen and oxygen atoms in total. The minimum Gasteiger partial charge on any atom is -0.366 e. The lowest BCUT2D eigenvalue weighted by atomic mass is 10.1. The molecule has 144 valence electrons. The molecule has 3 N–H and O–H groups in total. The Balaban J connectivity index is 1.82. The maximum Gasteiger partial charge on any atom is 0.251 e. The summed E-state index contributed by atoms with van der Waals surface area (Å²) in [5.74, 6) is -2.16. The Labute approximate surface area is 166 Å². The Kier molecular flexibility index (Phi) is 5.62. The van der Waals surface area contributed by atoms with Crippen molar-refractivity contribution in [3.8, 4) is 10.4 Å². The Morgan fingerprint density at radius 3 is 2.29 bits per heavy atom. The third-order valence-electron chi connectivity index (χ3n) is 4.01. The molecule has 28 heavy (non-hydrogen) atoms. The van der Waals surface area contributed by atoms with E-state index in [9.17, 15) is 18.0 Å². The molecule has 1 heterocycles. The van der Waals surface area contributed by atoms with E-state index in [1.807, 2.05) is 37.3 Å². The van der Waals surface area contributed by atoms with Crippen LogP contribution in [-0.2, 0) is 14.6 Å². The van der Waals surface area contributed by atoms with Crippen LogP contribution in [0.2, 0.25) is 0 Å². The van der Waals surface area contributed by atoms with E-state index in [2.05, 4.69) is 5.32 Å². The second-order valence-electron chi connectivity index (χ2n) is 6.20. The second-order valence-corrected chi connectivity index (χ2v) is 9.25. The molecule has 3 aromatic rings. The van der Waals surface area contributed by atoms with Crippen molar-refractivity contribution in [1.82, 2.24) is 0 Å². The Morgan fingerprint density at radius 1 is 1.04 bits per heavy atom. The number of aryl methyl sites for hydroxylation is 1. The molecule has 2 aromatic carbocycles. The van der Waals surface area contributed by atoms with Gasteiger partial charge in [0.05, 0.1) is 10.5 Å². The van der Waals surface area contributed by atoms with Crippen molar-refractivity contribution in [3.63, 3.8) is 0 Å². The van der Waals surface area contributed by atoms with E-state index in [1.54, 1.807) is 18.2 Å². The van der Waals surface area contributed by atoms with E-state index in [0.29, 0.717) is 0 Å². The summed E-state index contributed by atoms with van der Waals surface area (Å²) in [6.07, 6.45) is 0. The lowest BCUT2D eigenvalue weighted by Gasteiger charge is -2.06. The van der Waals surface area contributed by atoms with Crippen LogP contribution in [0.25, 0.3) is 10.4 Å². The molecule has 2 amide bonds. The van der Waals surface area contributed by atoms with Crippen LogP contribution in [0.15, 0.2) is 65.6 Å². The topological polar surface area (TPSA) is 106 Å². The molecular formula is C20H18N2O4S2. The zero-order valence-corrected chi connectivity index (χ0v) is 16.6. The molecule has 8 heteroatoms. The normalized spacial score (nSPS) is 11.2. The van der Waals surface area contributed by atoms with Crippen molar-refractivity contribution in [2.24, 2.45) is 5.73 Å². The van der Waals surface area contributed by atoms with Gasteiger partial charge in [-0.2, -0.15) is 0 Å². The van der Waals surface area contributed by atoms with Gasteiger partial charge in [-0.15, -0.1) is 11.3 Å². The van der Waals surface area contributed by atoms with Gasteiger partial charge in [0.15, 0.2) is 9.84 Å². The number of rotatable bonds is 6. The van der Waals surface area contributed by atoms with Gasteiger partial charge in [0.25, 0.3) is 5.91 Å². The number of primary amides is 1. The molecule has 3 rings (SSSR count). The number of thiophene rings is 1. The van der Waals surface area contributed by atoms with Gasteiger partial charge in [-0.05, 0) is 30.7 Å². The monoisotopic (exact) mass is 414 g/mol. The fourth-order valence-electron chi connectivity index (χ4n) is 2.58. The number of hydrogen-bond acceptors (Lipinski definition) is 5. The van der Waals surface area contributed by atoms with Crippen molar-refractivity contribution >= 4 is 38.0 Å². The van der Waals surface area contributed by atoms with Crippen LogP contribution in [0, 0.1) is 6.92 Å². The van der Waals surface area contributed by atoms with E-state index >= 15 is 0 Å². The number of amides is 2. The number of nitrogens with two attached hydrogens (primary N) is 1. The summed E-state index contributed by atoms with van der Waals surface area (Å²) in [5.41, 5.74) is 7.34. The molecular weight excluding hydrogens is 396 g/mol. The molecule has 0 atom stereocenters. The van der Waals surface area contributed by atoms with Crippen molar-refractivity contribution < 1.29 is 18.0 Å². The van der Waals surface area contributed by atoms with E-state index in [1.165, 1.54) is 23.5 Å². The molecule has 0 bridgehead atoms.